The van der Waals surface area contributed by atoms with E-state index < -0.39 is 0 Å². The Hall–Kier alpha value is -1.59. The number of methoxy groups -OCH3 is 1. The Morgan fingerprint density at radius 1 is 1.16 bits per heavy atom. The van der Waals surface area contributed by atoms with Crippen molar-refractivity contribution in [2.75, 3.05) is 45.2 Å². The fourth-order valence-electron chi connectivity index (χ4n) is 1.54. The topological polar surface area (TPSA) is 62.4 Å². The van der Waals surface area contributed by atoms with Gasteiger partial charge in [-0.3, -0.25) is 4.79 Å². The van der Waals surface area contributed by atoms with Gasteiger partial charge in [0.2, 0.25) is 5.91 Å². The molecule has 0 saturated heterocycles. The fraction of sp³-hybridized carbons (Fsp3) is 0.500. The molecule has 3 N–H and O–H groups in total. The van der Waals surface area contributed by atoms with E-state index in [9.17, 15) is 4.79 Å². The summed E-state index contributed by atoms with van der Waals surface area (Å²) in [6, 6.07) is 10.0. The van der Waals surface area contributed by atoms with E-state index in [1.807, 2.05) is 30.3 Å². The molecule has 0 bridgehead atoms. The van der Waals surface area contributed by atoms with Crippen LogP contribution in [0.2, 0.25) is 0 Å². The maximum Gasteiger partial charge on any atom is 0.233 e. The minimum Gasteiger partial charge on any atom is -0.385 e. The highest BCUT2D eigenvalue weighted by atomic mass is 16.5. The highest BCUT2D eigenvalue weighted by molar-refractivity contribution is 5.77. The lowest BCUT2D eigenvalue weighted by atomic mass is 10.3. The molecule has 0 unspecified atom stereocenters. The third kappa shape index (κ3) is 8.18. The van der Waals surface area contributed by atoms with Crippen molar-refractivity contribution in [1.82, 2.24) is 10.6 Å². The monoisotopic (exact) mass is 265 g/mol. The number of rotatable bonds is 10. The van der Waals surface area contributed by atoms with E-state index in [0.717, 1.165) is 18.7 Å². The average molecular weight is 265 g/mol. The molecule has 0 saturated carbocycles. The number of carbonyl (C=O) groups excluding carboxylic acids is 1. The molecule has 0 aliphatic heterocycles. The summed E-state index contributed by atoms with van der Waals surface area (Å²) < 4.78 is 4.88. The van der Waals surface area contributed by atoms with Gasteiger partial charge in [-0.15, -0.1) is 0 Å². The molecule has 1 rings (SSSR count). The van der Waals surface area contributed by atoms with Gasteiger partial charge in [-0.1, -0.05) is 18.2 Å². The average Bonchev–Trinajstić information content (AvgIpc) is 2.44. The molecule has 1 amide bonds. The van der Waals surface area contributed by atoms with Crippen LogP contribution in [0.3, 0.4) is 0 Å². The van der Waals surface area contributed by atoms with Gasteiger partial charge in [0.15, 0.2) is 0 Å². The molecular formula is C14H23N3O2. The number of anilines is 1. The number of para-hydroxylation sites is 1. The second-order valence-electron chi connectivity index (χ2n) is 4.17. The van der Waals surface area contributed by atoms with Crippen LogP contribution >= 0.6 is 0 Å². The van der Waals surface area contributed by atoms with E-state index in [4.69, 9.17) is 4.74 Å². The summed E-state index contributed by atoms with van der Waals surface area (Å²) in [5, 5.41) is 9.16. The van der Waals surface area contributed by atoms with Gasteiger partial charge in [0.25, 0.3) is 0 Å². The highest BCUT2D eigenvalue weighted by Crippen LogP contribution is 2.03. The Morgan fingerprint density at radius 2 is 1.95 bits per heavy atom. The summed E-state index contributed by atoms with van der Waals surface area (Å²) in [6.45, 7) is 3.19. The molecule has 5 heteroatoms. The van der Waals surface area contributed by atoms with Crippen molar-refractivity contribution in [2.24, 2.45) is 0 Å². The first kappa shape index (κ1) is 15.5. The van der Waals surface area contributed by atoms with Crippen LogP contribution in [0.1, 0.15) is 6.42 Å². The molecule has 0 radical (unpaired) electrons. The van der Waals surface area contributed by atoms with Crippen LogP contribution in [0.5, 0.6) is 0 Å². The van der Waals surface area contributed by atoms with E-state index in [1.54, 1.807) is 7.11 Å². The smallest absolute Gasteiger partial charge is 0.233 e. The Morgan fingerprint density at radius 3 is 2.68 bits per heavy atom. The molecule has 19 heavy (non-hydrogen) atoms. The Bertz CT molecular complexity index is 344. The number of nitrogens with one attached hydrogen (secondary N) is 3. The fourth-order valence-corrected chi connectivity index (χ4v) is 1.54. The first-order valence-corrected chi connectivity index (χ1v) is 6.58. The number of hydrogen-bond acceptors (Lipinski definition) is 4. The van der Waals surface area contributed by atoms with E-state index >= 15 is 0 Å². The Labute approximate surface area is 114 Å². The van der Waals surface area contributed by atoms with Crippen molar-refractivity contribution >= 4 is 11.6 Å². The van der Waals surface area contributed by atoms with Crippen molar-refractivity contribution in [3.63, 3.8) is 0 Å². The number of amides is 1. The molecule has 1 aromatic rings. The predicted octanol–water partition coefficient (Wildman–Crippen LogP) is 0.841. The highest BCUT2D eigenvalue weighted by Gasteiger charge is 1.98. The van der Waals surface area contributed by atoms with E-state index in [0.29, 0.717) is 26.2 Å². The molecule has 0 aromatic heterocycles. The van der Waals surface area contributed by atoms with Crippen LogP contribution in [0.25, 0.3) is 0 Å². The van der Waals surface area contributed by atoms with E-state index in [2.05, 4.69) is 16.0 Å². The van der Waals surface area contributed by atoms with E-state index in [1.165, 1.54) is 0 Å². The zero-order valence-electron chi connectivity index (χ0n) is 11.4. The van der Waals surface area contributed by atoms with Crippen LogP contribution in [-0.2, 0) is 9.53 Å². The quantitative estimate of drug-likeness (QED) is 0.549. The van der Waals surface area contributed by atoms with Gasteiger partial charge in [-0.2, -0.15) is 0 Å². The molecule has 0 spiro atoms. The minimum atomic E-state index is 0.0239. The lowest BCUT2D eigenvalue weighted by molar-refractivity contribution is -0.120. The standard InChI is InChI=1S/C14H23N3O2/c1-19-11-10-15-12-14(18)17-9-5-8-16-13-6-3-2-4-7-13/h2-4,6-7,15-16H,5,8-12H2,1H3,(H,17,18). The first-order valence-electron chi connectivity index (χ1n) is 6.58. The van der Waals surface area contributed by atoms with Crippen LogP contribution in [-0.4, -0.2) is 45.8 Å². The van der Waals surface area contributed by atoms with Gasteiger partial charge < -0.3 is 20.7 Å². The maximum atomic E-state index is 11.4. The second kappa shape index (κ2) is 10.3. The molecule has 0 heterocycles. The number of carbonyl (C=O) groups is 1. The van der Waals surface area contributed by atoms with Crippen molar-refractivity contribution in [2.45, 2.75) is 6.42 Å². The molecule has 5 nitrogen and oxygen atoms in total. The van der Waals surface area contributed by atoms with Gasteiger partial charge in [0, 0.05) is 32.4 Å². The van der Waals surface area contributed by atoms with Gasteiger partial charge in [-0.05, 0) is 18.6 Å². The van der Waals surface area contributed by atoms with Gasteiger partial charge in [0.1, 0.15) is 0 Å². The predicted molar refractivity (Wildman–Crippen MR) is 77.3 cm³/mol. The first-order chi connectivity index (χ1) is 9.33. The molecule has 0 atom stereocenters. The largest absolute Gasteiger partial charge is 0.385 e. The number of hydrogen-bond donors (Lipinski definition) is 3. The molecule has 0 aliphatic rings. The lowest BCUT2D eigenvalue weighted by Gasteiger charge is -2.08. The summed E-state index contributed by atoms with van der Waals surface area (Å²) in [6.07, 6.45) is 0.901. The summed E-state index contributed by atoms with van der Waals surface area (Å²) in [5.74, 6) is 0.0239. The van der Waals surface area contributed by atoms with Crippen molar-refractivity contribution in [3.8, 4) is 0 Å². The molecule has 0 aliphatic carbocycles. The molecular weight excluding hydrogens is 242 g/mol. The third-order valence-electron chi connectivity index (χ3n) is 2.55. The zero-order valence-corrected chi connectivity index (χ0v) is 11.4. The summed E-state index contributed by atoms with van der Waals surface area (Å²) in [5.41, 5.74) is 1.11. The van der Waals surface area contributed by atoms with Crippen LogP contribution in [0.15, 0.2) is 30.3 Å². The van der Waals surface area contributed by atoms with Crippen molar-refractivity contribution < 1.29 is 9.53 Å². The summed E-state index contributed by atoms with van der Waals surface area (Å²) in [4.78, 5) is 11.4. The number of ether oxygens (including phenoxy) is 1. The maximum absolute atomic E-state index is 11.4. The van der Waals surface area contributed by atoms with Crippen LogP contribution in [0, 0.1) is 0 Å². The van der Waals surface area contributed by atoms with Gasteiger partial charge >= 0.3 is 0 Å². The van der Waals surface area contributed by atoms with Crippen molar-refractivity contribution in [1.29, 1.82) is 0 Å². The lowest BCUT2D eigenvalue weighted by Crippen LogP contribution is -2.36. The Balaban J connectivity index is 1.94. The van der Waals surface area contributed by atoms with E-state index in [-0.39, 0.29) is 5.91 Å². The molecule has 0 fully saturated rings. The second-order valence-corrected chi connectivity index (χ2v) is 4.17. The minimum absolute atomic E-state index is 0.0239. The molecule has 106 valence electrons. The summed E-state index contributed by atoms with van der Waals surface area (Å²) >= 11 is 0. The van der Waals surface area contributed by atoms with Gasteiger partial charge in [0.05, 0.1) is 13.2 Å². The molecule has 1 aromatic carbocycles. The normalized spacial score (nSPS) is 10.2. The Kier molecular flexibility index (Phi) is 8.42. The zero-order chi connectivity index (χ0) is 13.8. The number of benzene rings is 1. The van der Waals surface area contributed by atoms with Gasteiger partial charge in [-0.25, -0.2) is 0 Å². The van der Waals surface area contributed by atoms with Crippen molar-refractivity contribution in [3.05, 3.63) is 30.3 Å². The summed E-state index contributed by atoms with van der Waals surface area (Å²) in [7, 11) is 1.64. The third-order valence-corrected chi connectivity index (χ3v) is 2.55. The van der Waals surface area contributed by atoms with Crippen LogP contribution < -0.4 is 16.0 Å². The SMILES string of the molecule is COCCNCC(=O)NCCCNc1ccccc1. The van der Waals surface area contributed by atoms with Crippen LogP contribution in [0.4, 0.5) is 5.69 Å².